The average molecular weight is 370 g/mol. The summed E-state index contributed by atoms with van der Waals surface area (Å²) in [5, 5.41) is 9.19. The Bertz CT molecular complexity index is 758. The van der Waals surface area contributed by atoms with Gasteiger partial charge in [0.15, 0.2) is 0 Å². The number of rotatable bonds is 6. The predicted molar refractivity (Wildman–Crippen MR) is 99.8 cm³/mol. The quantitative estimate of drug-likeness (QED) is 0.502. The molecule has 0 spiro atoms. The molecule has 3 heterocycles. The first kappa shape index (κ1) is 18.1. The highest BCUT2D eigenvalue weighted by Gasteiger charge is 2.39. The van der Waals surface area contributed by atoms with E-state index in [1.165, 1.54) is 12.8 Å². The number of hydrogen-bond donors (Lipinski definition) is 3. The van der Waals surface area contributed by atoms with Gasteiger partial charge in [0.25, 0.3) is 5.91 Å². The molecule has 2 fully saturated rings. The van der Waals surface area contributed by atoms with Crippen LogP contribution in [0.5, 0.6) is 0 Å². The first-order chi connectivity index (χ1) is 13.1. The van der Waals surface area contributed by atoms with E-state index in [9.17, 15) is 14.4 Å². The molecular weight excluding hydrogens is 344 g/mol. The van der Waals surface area contributed by atoms with Crippen molar-refractivity contribution in [1.82, 2.24) is 20.9 Å². The molecule has 4 rings (SSSR count). The molecule has 144 valence electrons. The second kappa shape index (κ2) is 7.78. The van der Waals surface area contributed by atoms with Crippen molar-refractivity contribution in [2.45, 2.75) is 44.8 Å². The molecule has 0 radical (unpaired) electrons. The van der Waals surface area contributed by atoms with Crippen molar-refractivity contribution in [3.05, 3.63) is 34.9 Å². The number of imide groups is 1. The minimum absolute atomic E-state index is 0.113. The molecule has 3 aliphatic rings. The number of nitrogens with one attached hydrogen (secondary N) is 3. The summed E-state index contributed by atoms with van der Waals surface area (Å²) in [7, 11) is 0. The number of amides is 3. The van der Waals surface area contributed by atoms with Gasteiger partial charge in [0.2, 0.25) is 11.8 Å². The van der Waals surface area contributed by atoms with Gasteiger partial charge >= 0.3 is 0 Å². The highest BCUT2D eigenvalue weighted by atomic mass is 16.2. The minimum atomic E-state index is -0.552. The predicted octanol–water partition coefficient (Wildman–Crippen LogP) is 0.537. The molecular formula is C20H26N4O3. The number of nitrogens with zero attached hydrogens (tertiary/aromatic N) is 1. The van der Waals surface area contributed by atoms with Gasteiger partial charge in [-0.3, -0.25) is 19.7 Å². The number of carbonyl (C=O) groups is 3. The Balaban J connectivity index is 1.35. The van der Waals surface area contributed by atoms with Crippen molar-refractivity contribution in [2.75, 3.05) is 19.6 Å². The van der Waals surface area contributed by atoms with E-state index >= 15 is 0 Å². The van der Waals surface area contributed by atoms with Crippen LogP contribution in [0.3, 0.4) is 0 Å². The van der Waals surface area contributed by atoms with E-state index in [1.54, 1.807) is 4.90 Å². The molecule has 1 aromatic carbocycles. The number of fused-ring (bicyclic) bond motifs is 1. The fraction of sp³-hybridized carbons (Fsp3) is 0.550. The molecule has 7 nitrogen and oxygen atoms in total. The van der Waals surface area contributed by atoms with Crippen LogP contribution in [0.25, 0.3) is 0 Å². The molecule has 2 saturated heterocycles. The molecule has 1 aromatic rings. The zero-order chi connectivity index (χ0) is 18.8. The largest absolute Gasteiger partial charge is 0.322 e. The van der Waals surface area contributed by atoms with Gasteiger partial charge in [-0.05, 0) is 62.0 Å². The van der Waals surface area contributed by atoms with Crippen LogP contribution in [0.15, 0.2) is 18.2 Å². The van der Waals surface area contributed by atoms with Gasteiger partial charge in [0, 0.05) is 25.1 Å². The van der Waals surface area contributed by atoms with Gasteiger partial charge < -0.3 is 15.5 Å². The number of benzene rings is 1. The SMILES string of the molecule is O=C1CCC(N2Cc3ccc(CNCC[C@H]4CCNC4)cc3C2=O)C(=O)N1. The van der Waals surface area contributed by atoms with E-state index in [1.807, 2.05) is 18.2 Å². The van der Waals surface area contributed by atoms with Crippen molar-refractivity contribution in [3.63, 3.8) is 0 Å². The normalized spacial score (nSPS) is 25.0. The Morgan fingerprint density at radius 2 is 2.07 bits per heavy atom. The molecule has 7 heteroatoms. The third kappa shape index (κ3) is 3.89. The summed E-state index contributed by atoms with van der Waals surface area (Å²) in [6.07, 6.45) is 3.10. The first-order valence-corrected chi connectivity index (χ1v) is 9.79. The topological polar surface area (TPSA) is 90.5 Å². The number of hydrogen-bond acceptors (Lipinski definition) is 5. The second-order valence-electron chi connectivity index (χ2n) is 7.72. The van der Waals surface area contributed by atoms with Gasteiger partial charge in [0.05, 0.1) is 0 Å². The van der Waals surface area contributed by atoms with Crippen molar-refractivity contribution in [3.8, 4) is 0 Å². The van der Waals surface area contributed by atoms with Crippen LogP contribution >= 0.6 is 0 Å². The maximum atomic E-state index is 12.8. The fourth-order valence-electron chi connectivity index (χ4n) is 4.21. The molecule has 2 atom stereocenters. The van der Waals surface area contributed by atoms with E-state index in [0.717, 1.165) is 43.2 Å². The number of piperidine rings is 1. The van der Waals surface area contributed by atoms with Crippen LogP contribution in [0.2, 0.25) is 0 Å². The van der Waals surface area contributed by atoms with Gasteiger partial charge in [-0.2, -0.15) is 0 Å². The molecule has 1 unspecified atom stereocenters. The zero-order valence-corrected chi connectivity index (χ0v) is 15.4. The van der Waals surface area contributed by atoms with Gasteiger partial charge in [-0.25, -0.2) is 0 Å². The lowest BCUT2D eigenvalue weighted by molar-refractivity contribution is -0.136. The summed E-state index contributed by atoms with van der Waals surface area (Å²) >= 11 is 0. The van der Waals surface area contributed by atoms with Crippen molar-refractivity contribution in [2.24, 2.45) is 5.92 Å². The summed E-state index contributed by atoms with van der Waals surface area (Å²) in [6, 6.07) is 5.42. The molecule has 0 bridgehead atoms. The molecule has 3 amide bonds. The Morgan fingerprint density at radius 1 is 1.19 bits per heavy atom. The van der Waals surface area contributed by atoms with Crippen LogP contribution in [-0.4, -0.2) is 48.3 Å². The van der Waals surface area contributed by atoms with Gasteiger partial charge in [-0.15, -0.1) is 0 Å². The van der Waals surface area contributed by atoms with Crippen molar-refractivity contribution < 1.29 is 14.4 Å². The van der Waals surface area contributed by atoms with Crippen molar-refractivity contribution >= 4 is 17.7 Å². The maximum absolute atomic E-state index is 12.8. The van der Waals surface area contributed by atoms with Crippen LogP contribution < -0.4 is 16.0 Å². The monoisotopic (exact) mass is 370 g/mol. The third-order valence-corrected chi connectivity index (χ3v) is 5.81. The smallest absolute Gasteiger partial charge is 0.255 e. The van der Waals surface area contributed by atoms with E-state index < -0.39 is 6.04 Å². The minimum Gasteiger partial charge on any atom is -0.322 e. The summed E-state index contributed by atoms with van der Waals surface area (Å²) in [4.78, 5) is 37.8. The molecule has 27 heavy (non-hydrogen) atoms. The Morgan fingerprint density at radius 3 is 2.85 bits per heavy atom. The summed E-state index contributed by atoms with van der Waals surface area (Å²) in [5.41, 5.74) is 2.71. The highest BCUT2D eigenvalue weighted by molar-refractivity contribution is 6.05. The molecule has 3 aliphatic heterocycles. The standard InChI is InChI=1S/C20H26N4O3/c25-18-4-3-17(19(26)23-18)24-12-15-2-1-14(9-16(15)20(24)27)11-22-8-6-13-5-7-21-10-13/h1-2,9,13,17,21-22H,3-8,10-12H2,(H,23,25,26)/t13-,17?/m1/s1. The maximum Gasteiger partial charge on any atom is 0.255 e. The van der Waals surface area contributed by atoms with Crippen LogP contribution in [0.4, 0.5) is 0 Å². The lowest BCUT2D eigenvalue weighted by Crippen LogP contribution is -2.52. The van der Waals surface area contributed by atoms with Crippen LogP contribution in [0.1, 0.15) is 47.2 Å². The van der Waals surface area contributed by atoms with Crippen LogP contribution in [-0.2, 0) is 22.7 Å². The summed E-state index contributed by atoms with van der Waals surface area (Å²) < 4.78 is 0. The van der Waals surface area contributed by atoms with Crippen LogP contribution in [0, 0.1) is 5.92 Å². The Hall–Kier alpha value is -2.25. The average Bonchev–Trinajstić information content (AvgIpc) is 3.28. The Kier molecular flexibility index (Phi) is 5.22. The first-order valence-electron chi connectivity index (χ1n) is 9.79. The molecule has 3 N–H and O–H groups in total. The van der Waals surface area contributed by atoms with E-state index in [-0.39, 0.29) is 24.1 Å². The van der Waals surface area contributed by atoms with E-state index in [4.69, 9.17) is 0 Å². The van der Waals surface area contributed by atoms with Crippen molar-refractivity contribution in [1.29, 1.82) is 0 Å². The molecule has 0 saturated carbocycles. The lowest BCUT2D eigenvalue weighted by atomic mass is 10.0. The molecule has 0 aliphatic carbocycles. The summed E-state index contributed by atoms with van der Waals surface area (Å²) in [6.45, 7) is 4.38. The fourth-order valence-corrected chi connectivity index (χ4v) is 4.21. The third-order valence-electron chi connectivity index (χ3n) is 5.81. The Labute approximate surface area is 158 Å². The van der Waals surface area contributed by atoms with Gasteiger partial charge in [-0.1, -0.05) is 12.1 Å². The second-order valence-corrected chi connectivity index (χ2v) is 7.72. The zero-order valence-electron chi connectivity index (χ0n) is 15.4. The number of carbonyl (C=O) groups excluding carboxylic acids is 3. The van der Waals surface area contributed by atoms with E-state index in [0.29, 0.717) is 18.5 Å². The van der Waals surface area contributed by atoms with Gasteiger partial charge in [0.1, 0.15) is 6.04 Å². The van der Waals surface area contributed by atoms with E-state index in [2.05, 4.69) is 16.0 Å². The lowest BCUT2D eigenvalue weighted by Gasteiger charge is -2.29. The summed E-state index contributed by atoms with van der Waals surface area (Å²) in [5.74, 6) is 0.0254. The molecule has 0 aromatic heterocycles. The highest BCUT2D eigenvalue weighted by Crippen LogP contribution is 2.28.